The van der Waals surface area contributed by atoms with Crippen LogP contribution in [0.2, 0.25) is 0 Å². The maximum absolute atomic E-state index is 12.7. The maximum atomic E-state index is 12.7. The van der Waals surface area contributed by atoms with Crippen LogP contribution in [0.15, 0.2) is 24.3 Å². The quantitative estimate of drug-likeness (QED) is 0.718. The number of amides is 2. The van der Waals surface area contributed by atoms with Crippen LogP contribution >= 0.6 is 0 Å². The lowest BCUT2D eigenvalue weighted by Gasteiger charge is -2.16. The number of carbonyl (C=O) groups is 1. The molecule has 0 saturated heterocycles. The molecule has 4 nitrogen and oxygen atoms in total. The summed E-state index contributed by atoms with van der Waals surface area (Å²) in [6.07, 6.45) is -3.35. The Labute approximate surface area is 134 Å². The molecule has 1 rings (SSSR count). The number of rotatable bonds is 7. The Balaban J connectivity index is 2.45. The summed E-state index contributed by atoms with van der Waals surface area (Å²) in [5.74, 6) is -0.104. The Hall–Kier alpha value is -1.76. The van der Waals surface area contributed by atoms with Gasteiger partial charge in [0.2, 0.25) is 0 Å². The first-order valence-corrected chi connectivity index (χ1v) is 7.56. The van der Waals surface area contributed by atoms with Crippen molar-refractivity contribution in [1.29, 1.82) is 0 Å². The van der Waals surface area contributed by atoms with Gasteiger partial charge in [-0.05, 0) is 37.3 Å². The summed E-state index contributed by atoms with van der Waals surface area (Å²) in [5, 5.41) is 14.1. The minimum Gasteiger partial charge on any atom is -0.396 e. The summed E-state index contributed by atoms with van der Waals surface area (Å²) < 4.78 is 38.1. The van der Waals surface area contributed by atoms with E-state index in [0.29, 0.717) is 24.9 Å². The number of hydrogen-bond donors (Lipinski definition) is 3. The van der Waals surface area contributed by atoms with E-state index in [1.165, 1.54) is 6.07 Å². The minimum absolute atomic E-state index is 0.00593. The number of halogens is 3. The molecule has 23 heavy (non-hydrogen) atoms. The number of alkyl halides is 3. The average molecular weight is 332 g/mol. The number of aliphatic hydroxyl groups is 1. The molecule has 0 aliphatic rings. The van der Waals surface area contributed by atoms with Crippen molar-refractivity contribution in [1.82, 2.24) is 10.6 Å². The van der Waals surface area contributed by atoms with Gasteiger partial charge in [0.05, 0.1) is 5.56 Å². The average Bonchev–Trinajstić information content (AvgIpc) is 2.46. The van der Waals surface area contributed by atoms with Gasteiger partial charge < -0.3 is 15.7 Å². The van der Waals surface area contributed by atoms with Crippen molar-refractivity contribution in [2.75, 3.05) is 13.2 Å². The first-order chi connectivity index (χ1) is 10.7. The second-order valence-corrected chi connectivity index (χ2v) is 5.63. The number of carbonyl (C=O) groups excluding carboxylic acids is 1. The Morgan fingerprint density at radius 1 is 1.26 bits per heavy atom. The number of benzene rings is 1. The molecule has 0 fully saturated rings. The lowest BCUT2D eigenvalue weighted by Crippen LogP contribution is -2.41. The fourth-order valence-corrected chi connectivity index (χ4v) is 2.13. The van der Waals surface area contributed by atoms with Crippen LogP contribution in [0.25, 0.3) is 0 Å². The molecule has 3 N–H and O–H groups in total. The summed E-state index contributed by atoms with van der Waals surface area (Å²) in [5.41, 5.74) is -0.0685. The maximum Gasteiger partial charge on any atom is 0.416 e. The van der Waals surface area contributed by atoms with E-state index >= 15 is 0 Å². The van der Waals surface area contributed by atoms with E-state index in [9.17, 15) is 18.0 Å². The summed E-state index contributed by atoms with van der Waals surface area (Å²) in [6.45, 7) is 3.95. The van der Waals surface area contributed by atoms with E-state index in [-0.39, 0.29) is 24.6 Å². The van der Waals surface area contributed by atoms with Gasteiger partial charge in [0, 0.05) is 19.2 Å². The molecular formula is C16H23F3N2O2. The highest BCUT2D eigenvalue weighted by atomic mass is 19.4. The van der Waals surface area contributed by atoms with Gasteiger partial charge in [-0.1, -0.05) is 25.1 Å². The molecule has 0 bridgehead atoms. The molecular weight excluding hydrogens is 309 g/mol. The normalized spacial score (nSPS) is 14.2. The fraction of sp³-hybridized carbons (Fsp3) is 0.562. The van der Waals surface area contributed by atoms with Crippen LogP contribution in [0.1, 0.15) is 43.7 Å². The fourth-order valence-electron chi connectivity index (χ4n) is 2.13. The van der Waals surface area contributed by atoms with Gasteiger partial charge in [-0.15, -0.1) is 0 Å². The highest BCUT2D eigenvalue weighted by molar-refractivity contribution is 5.74. The van der Waals surface area contributed by atoms with Gasteiger partial charge >= 0.3 is 12.2 Å². The van der Waals surface area contributed by atoms with Crippen molar-refractivity contribution >= 4 is 6.03 Å². The van der Waals surface area contributed by atoms with Gasteiger partial charge in [-0.25, -0.2) is 4.79 Å². The minimum atomic E-state index is -4.35. The van der Waals surface area contributed by atoms with Gasteiger partial charge in [0.15, 0.2) is 0 Å². The van der Waals surface area contributed by atoms with Crippen LogP contribution in [-0.2, 0) is 6.18 Å². The molecule has 0 aliphatic carbocycles. The number of aliphatic hydroxyl groups excluding tert-OH is 1. The van der Waals surface area contributed by atoms with E-state index in [4.69, 9.17) is 5.11 Å². The van der Waals surface area contributed by atoms with Crippen LogP contribution in [-0.4, -0.2) is 30.3 Å². The molecule has 130 valence electrons. The van der Waals surface area contributed by atoms with Crippen molar-refractivity contribution in [2.24, 2.45) is 0 Å². The molecule has 1 aromatic carbocycles. The molecule has 0 heterocycles. The molecule has 0 aromatic heterocycles. The van der Waals surface area contributed by atoms with Crippen molar-refractivity contribution in [3.63, 3.8) is 0 Å². The number of urea groups is 1. The Bertz CT molecular complexity index is 506. The van der Waals surface area contributed by atoms with Crippen molar-refractivity contribution < 1.29 is 23.1 Å². The monoisotopic (exact) mass is 332 g/mol. The van der Waals surface area contributed by atoms with E-state index in [1.54, 1.807) is 13.0 Å². The van der Waals surface area contributed by atoms with E-state index in [1.807, 2.05) is 6.92 Å². The summed E-state index contributed by atoms with van der Waals surface area (Å²) >= 11 is 0. The Morgan fingerprint density at radius 3 is 2.57 bits per heavy atom. The van der Waals surface area contributed by atoms with Crippen LogP contribution in [0, 0.1) is 0 Å². The summed E-state index contributed by atoms with van der Waals surface area (Å²) in [6, 6.07) is 4.76. The van der Waals surface area contributed by atoms with Crippen LogP contribution in [0.4, 0.5) is 18.0 Å². The van der Waals surface area contributed by atoms with Crippen LogP contribution in [0.3, 0.4) is 0 Å². The Morgan fingerprint density at radius 2 is 1.96 bits per heavy atom. The molecule has 0 aliphatic heterocycles. The molecule has 0 saturated carbocycles. The first kappa shape index (κ1) is 19.3. The third kappa shape index (κ3) is 6.90. The highest BCUT2D eigenvalue weighted by Crippen LogP contribution is 2.31. The standard InChI is InChI=1S/C16H23F3N2O2/c1-11(6-8-20-15(23)21-12(2)7-9-22)13-4-3-5-14(10-13)16(17,18)19/h3-5,10-12,22H,6-9H2,1-2H3,(H2,20,21,23)/t11?,12-/m1/s1. The van der Waals surface area contributed by atoms with Crippen LogP contribution in [0.5, 0.6) is 0 Å². The first-order valence-electron chi connectivity index (χ1n) is 7.56. The van der Waals surface area contributed by atoms with Crippen LogP contribution < -0.4 is 10.6 Å². The summed E-state index contributed by atoms with van der Waals surface area (Å²) in [7, 11) is 0. The van der Waals surface area contributed by atoms with E-state index in [2.05, 4.69) is 10.6 Å². The molecule has 2 atom stereocenters. The predicted molar refractivity (Wildman–Crippen MR) is 82.2 cm³/mol. The van der Waals surface area contributed by atoms with Gasteiger partial charge in [-0.3, -0.25) is 0 Å². The zero-order chi connectivity index (χ0) is 17.5. The predicted octanol–water partition coefficient (Wildman–Crippen LogP) is 3.27. The molecule has 0 radical (unpaired) electrons. The molecule has 1 aromatic rings. The number of hydrogen-bond acceptors (Lipinski definition) is 2. The molecule has 0 spiro atoms. The smallest absolute Gasteiger partial charge is 0.396 e. The zero-order valence-corrected chi connectivity index (χ0v) is 13.3. The molecule has 2 amide bonds. The molecule has 7 heteroatoms. The molecule has 1 unspecified atom stereocenters. The van der Waals surface area contributed by atoms with Gasteiger partial charge in [0.25, 0.3) is 0 Å². The van der Waals surface area contributed by atoms with Crippen molar-refractivity contribution in [2.45, 2.75) is 44.8 Å². The third-order valence-corrected chi connectivity index (χ3v) is 3.59. The van der Waals surface area contributed by atoms with Crippen molar-refractivity contribution in [3.05, 3.63) is 35.4 Å². The summed E-state index contributed by atoms with van der Waals surface area (Å²) in [4.78, 5) is 11.6. The lowest BCUT2D eigenvalue weighted by molar-refractivity contribution is -0.137. The van der Waals surface area contributed by atoms with E-state index < -0.39 is 11.7 Å². The SMILES string of the molecule is CC(CCNC(=O)N[C@H](C)CCO)c1cccc(C(F)(F)F)c1. The number of nitrogens with one attached hydrogen (secondary N) is 2. The Kier molecular flexibility index (Phi) is 7.35. The largest absolute Gasteiger partial charge is 0.416 e. The lowest BCUT2D eigenvalue weighted by atomic mass is 9.96. The second kappa shape index (κ2) is 8.76. The van der Waals surface area contributed by atoms with Gasteiger partial charge in [0.1, 0.15) is 0 Å². The zero-order valence-electron chi connectivity index (χ0n) is 13.3. The van der Waals surface area contributed by atoms with Crippen molar-refractivity contribution in [3.8, 4) is 0 Å². The van der Waals surface area contributed by atoms with E-state index in [0.717, 1.165) is 12.1 Å². The highest BCUT2D eigenvalue weighted by Gasteiger charge is 2.30. The third-order valence-electron chi connectivity index (χ3n) is 3.59. The van der Waals surface area contributed by atoms with Gasteiger partial charge in [-0.2, -0.15) is 13.2 Å². The second-order valence-electron chi connectivity index (χ2n) is 5.63. The topological polar surface area (TPSA) is 61.4 Å².